The fourth-order valence-electron chi connectivity index (χ4n) is 2.43. The molecular weight excluding hydrogens is 192 g/mol. The van der Waals surface area contributed by atoms with Gasteiger partial charge in [-0.2, -0.15) is 0 Å². The first kappa shape index (κ1) is 9.24. The third-order valence-corrected chi connectivity index (χ3v) is 3.20. The van der Waals surface area contributed by atoms with Crippen LogP contribution in [0.15, 0.2) is 36.4 Å². The number of benzene rings is 2. The van der Waals surface area contributed by atoms with E-state index < -0.39 is 0 Å². The summed E-state index contributed by atoms with van der Waals surface area (Å²) in [5, 5.41) is 0. The SMILES string of the molecule is C#Cc1ccc2c(c1)Cc1cc(C)ccc1-2. The topological polar surface area (TPSA) is 0 Å². The summed E-state index contributed by atoms with van der Waals surface area (Å²) < 4.78 is 0. The summed E-state index contributed by atoms with van der Waals surface area (Å²) in [6.45, 7) is 2.14. The number of hydrogen-bond acceptors (Lipinski definition) is 0. The Morgan fingerprint density at radius 2 is 1.69 bits per heavy atom. The third kappa shape index (κ3) is 1.26. The normalized spacial score (nSPS) is 11.8. The summed E-state index contributed by atoms with van der Waals surface area (Å²) in [5.74, 6) is 2.69. The van der Waals surface area contributed by atoms with E-state index in [2.05, 4.69) is 43.2 Å². The van der Waals surface area contributed by atoms with Crippen LogP contribution in [0.1, 0.15) is 22.3 Å². The summed E-state index contributed by atoms with van der Waals surface area (Å²) >= 11 is 0. The van der Waals surface area contributed by atoms with Crippen molar-refractivity contribution in [2.75, 3.05) is 0 Å². The average molecular weight is 204 g/mol. The van der Waals surface area contributed by atoms with Crippen molar-refractivity contribution in [1.29, 1.82) is 0 Å². The molecule has 0 N–H and O–H groups in total. The number of rotatable bonds is 0. The number of terminal acetylenes is 1. The summed E-state index contributed by atoms with van der Waals surface area (Å²) in [5.41, 5.74) is 7.78. The van der Waals surface area contributed by atoms with Crippen molar-refractivity contribution >= 4 is 0 Å². The van der Waals surface area contributed by atoms with Gasteiger partial charge in [-0.25, -0.2) is 0 Å². The van der Waals surface area contributed by atoms with Crippen LogP contribution in [0, 0.1) is 19.3 Å². The quantitative estimate of drug-likeness (QED) is 0.491. The number of fused-ring (bicyclic) bond motifs is 3. The predicted octanol–water partition coefficient (Wildman–Crippen LogP) is 3.55. The predicted molar refractivity (Wildman–Crippen MR) is 67.4 cm³/mol. The molecule has 0 atom stereocenters. The summed E-state index contributed by atoms with van der Waals surface area (Å²) in [7, 11) is 0. The largest absolute Gasteiger partial charge is 0.115 e. The molecule has 1 aliphatic rings. The molecule has 2 aromatic rings. The van der Waals surface area contributed by atoms with Gasteiger partial charge in [0.25, 0.3) is 0 Å². The lowest BCUT2D eigenvalue weighted by Gasteiger charge is -2.01. The summed E-state index contributed by atoms with van der Waals surface area (Å²) in [6.07, 6.45) is 6.44. The van der Waals surface area contributed by atoms with Gasteiger partial charge >= 0.3 is 0 Å². The van der Waals surface area contributed by atoms with Crippen molar-refractivity contribution in [2.45, 2.75) is 13.3 Å². The van der Waals surface area contributed by atoms with Gasteiger partial charge in [0.2, 0.25) is 0 Å². The van der Waals surface area contributed by atoms with E-state index in [1.807, 2.05) is 6.07 Å². The summed E-state index contributed by atoms with van der Waals surface area (Å²) in [6, 6.07) is 12.9. The first-order chi connectivity index (χ1) is 7.78. The van der Waals surface area contributed by atoms with Gasteiger partial charge in [0, 0.05) is 5.56 Å². The first-order valence-corrected chi connectivity index (χ1v) is 5.47. The Kier molecular flexibility index (Phi) is 1.88. The average Bonchev–Trinajstić information content (AvgIpc) is 2.64. The maximum atomic E-state index is 5.42. The Labute approximate surface area is 95.9 Å². The molecule has 0 heteroatoms. The maximum absolute atomic E-state index is 5.42. The smallest absolute Gasteiger partial charge is 0.0245 e. The van der Waals surface area contributed by atoms with E-state index >= 15 is 0 Å². The molecule has 0 spiro atoms. The molecule has 0 nitrogen and oxygen atoms in total. The van der Waals surface area contributed by atoms with Crippen molar-refractivity contribution < 1.29 is 0 Å². The van der Waals surface area contributed by atoms with Crippen molar-refractivity contribution in [1.82, 2.24) is 0 Å². The highest BCUT2D eigenvalue weighted by atomic mass is 14.2. The highest BCUT2D eigenvalue weighted by molar-refractivity contribution is 5.77. The standard InChI is InChI=1S/C16H12/c1-3-12-5-7-16-14(9-12)10-13-8-11(2)4-6-15(13)16/h1,4-9H,10H2,2H3. The van der Waals surface area contributed by atoms with Crippen LogP contribution in [0.3, 0.4) is 0 Å². The van der Waals surface area contributed by atoms with Crippen LogP contribution in [0.25, 0.3) is 11.1 Å². The minimum atomic E-state index is 0.975. The molecule has 1 aliphatic carbocycles. The number of hydrogen-bond donors (Lipinski definition) is 0. The highest BCUT2D eigenvalue weighted by Gasteiger charge is 2.17. The molecule has 0 amide bonds. The zero-order valence-electron chi connectivity index (χ0n) is 9.25. The van der Waals surface area contributed by atoms with Gasteiger partial charge in [-0.1, -0.05) is 35.7 Å². The molecule has 0 saturated heterocycles. The van der Waals surface area contributed by atoms with Crippen LogP contribution < -0.4 is 0 Å². The molecule has 3 rings (SSSR count). The molecule has 0 bridgehead atoms. The second-order valence-corrected chi connectivity index (χ2v) is 4.35. The van der Waals surface area contributed by atoms with Gasteiger partial charge in [0.15, 0.2) is 0 Å². The molecule has 0 radical (unpaired) electrons. The molecule has 0 fully saturated rings. The molecular formula is C16H12. The number of aryl methyl sites for hydroxylation is 1. The second-order valence-electron chi connectivity index (χ2n) is 4.35. The van der Waals surface area contributed by atoms with E-state index in [1.54, 1.807) is 0 Å². The summed E-state index contributed by atoms with van der Waals surface area (Å²) in [4.78, 5) is 0. The Morgan fingerprint density at radius 3 is 2.44 bits per heavy atom. The fourth-order valence-corrected chi connectivity index (χ4v) is 2.43. The van der Waals surface area contributed by atoms with Crippen molar-refractivity contribution in [3.05, 3.63) is 58.7 Å². The highest BCUT2D eigenvalue weighted by Crippen LogP contribution is 2.37. The van der Waals surface area contributed by atoms with E-state index in [9.17, 15) is 0 Å². The van der Waals surface area contributed by atoms with Crippen LogP contribution in [0.4, 0.5) is 0 Å². The van der Waals surface area contributed by atoms with Gasteiger partial charge in [-0.15, -0.1) is 6.42 Å². The van der Waals surface area contributed by atoms with E-state index in [4.69, 9.17) is 6.42 Å². The molecule has 0 aromatic heterocycles. The first-order valence-electron chi connectivity index (χ1n) is 5.47. The lowest BCUT2D eigenvalue weighted by molar-refractivity contribution is 1.25. The lowest BCUT2D eigenvalue weighted by Crippen LogP contribution is -1.82. The lowest BCUT2D eigenvalue weighted by atomic mass is 10.0. The Morgan fingerprint density at radius 1 is 1.00 bits per heavy atom. The van der Waals surface area contributed by atoms with E-state index in [0.717, 1.165) is 12.0 Å². The Balaban J connectivity index is 2.21. The van der Waals surface area contributed by atoms with Crippen molar-refractivity contribution in [3.63, 3.8) is 0 Å². The van der Waals surface area contributed by atoms with Gasteiger partial charge in [-0.05, 0) is 47.7 Å². The maximum Gasteiger partial charge on any atom is 0.0245 e. The van der Waals surface area contributed by atoms with Gasteiger partial charge in [0.05, 0.1) is 0 Å². The van der Waals surface area contributed by atoms with Crippen molar-refractivity contribution in [2.24, 2.45) is 0 Å². The molecule has 0 unspecified atom stereocenters. The van der Waals surface area contributed by atoms with E-state index in [-0.39, 0.29) is 0 Å². The zero-order chi connectivity index (χ0) is 11.1. The van der Waals surface area contributed by atoms with E-state index in [1.165, 1.54) is 27.8 Å². The third-order valence-electron chi connectivity index (χ3n) is 3.20. The minimum absolute atomic E-state index is 0.975. The second kappa shape index (κ2) is 3.25. The van der Waals surface area contributed by atoms with Gasteiger partial charge in [0.1, 0.15) is 0 Å². The van der Waals surface area contributed by atoms with Crippen LogP contribution in [-0.4, -0.2) is 0 Å². The molecule has 0 aliphatic heterocycles. The Hall–Kier alpha value is -2.00. The molecule has 0 saturated carbocycles. The van der Waals surface area contributed by atoms with Gasteiger partial charge in [-0.3, -0.25) is 0 Å². The van der Waals surface area contributed by atoms with E-state index in [0.29, 0.717) is 0 Å². The molecule has 2 aromatic carbocycles. The van der Waals surface area contributed by atoms with Crippen LogP contribution in [0.5, 0.6) is 0 Å². The van der Waals surface area contributed by atoms with Crippen molar-refractivity contribution in [3.8, 4) is 23.5 Å². The molecule has 0 heterocycles. The minimum Gasteiger partial charge on any atom is -0.115 e. The molecule has 76 valence electrons. The molecule has 16 heavy (non-hydrogen) atoms. The van der Waals surface area contributed by atoms with Crippen LogP contribution >= 0.6 is 0 Å². The van der Waals surface area contributed by atoms with Gasteiger partial charge < -0.3 is 0 Å². The van der Waals surface area contributed by atoms with Crippen LogP contribution in [-0.2, 0) is 6.42 Å². The monoisotopic (exact) mass is 204 g/mol. The van der Waals surface area contributed by atoms with Crippen LogP contribution in [0.2, 0.25) is 0 Å². The Bertz CT molecular complexity index is 612. The fraction of sp³-hybridized carbons (Fsp3) is 0.125. The zero-order valence-corrected chi connectivity index (χ0v) is 9.25.